The van der Waals surface area contributed by atoms with Crippen LogP contribution in [0, 0.1) is 17.8 Å². The maximum absolute atomic E-state index is 12.1. The van der Waals surface area contributed by atoms with Gasteiger partial charge in [0.2, 0.25) is 5.91 Å². The molecule has 0 bridgehead atoms. The molecule has 88 valence electrons. The first-order chi connectivity index (χ1) is 6.93. The van der Waals surface area contributed by atoms with Crippen LogP contribution in [0.5, 0.6) is 0 Å². The topological polar surface area (TPSA) is 20.3 Å². The molecule has 3 unspecified atom stereocenters. The molecule has 1 heterocycles. The lowest BCUT2D eigenvalue weighted by atomic mass is 9.93. The molecule has 1 amide bonds. The molecule has 0 aliphatic carbocycles. The highest BCUT2D eigenvalue weighted by Crippen LogP contribution is 2.25. The van der Waals surface area contributed by atoms with Gasteiger partial charge in [0.15, 0.2) is 0 Å². The van der Waals surface area contributed by atoms with Gasteiger partial charge in [-0.1, -0.05) is 43.6 Å². The Kier molecular flexibility index (Phi) is 4.63. The summed E-state index contributed by atoms with van der Waals surface area (Å²) in [5, 5.41) is 0. The third-order valence-corrected chi connectivity index (χ3v) is 4.86. The molecule has 0 radical (unpaired) electrons. The molecule has 1 aliphatic heterocycles. The van der Waals surface area contributed by atoms with Crippen molar-refractivity contribution in [2.45, 2.75) is 38.9 Å². The molecule has 1 rings (SSSR count). The van der Waals surface area contributed by atoms with Gasteiger partial charge in [0.1, 0.15) is 0 Å². The molecule has 0 aromatic carbocycles. The van der Waals surface area contributed by atoms with Gasteiger partial charge in [-0.2, -0.15) is 0 Å². The van der Waals surface area contributed by atoms with Gasteiger partial charge in [-0.25, -0.2) is 0 Å². The summed E-state index contributed by atoms with van der Waals surface area (Å²) in [4.78, 5) is 14.7. The van der Waals surface area contributed by atoms with Gasteiger partial charge in [0, 0.05) is 23.8 Å². The van der Waals surface area contributed by atoms with E-state index in [4.69, 9.17) is 0 Å². The lowest BCUT2D eigenvalue weighted by Gasteiger charge is -2.36. The molecule has 0 saturated carbocycles. The van der Waals surface area contributed by atoms with Crippen LogP contribution in [-0.4, -0.2) is 28.7 Å². The number of hydrogen-bond acceptors (Lipinski definition) is 1. The van der Waals surface area contributed by atoms with E-state index < -0.39 is 0 Å². The Labute approximate surface area is 102 Å². The number of alkyl halides is 1. The van der Waals surface area contributed by atoms with E-state index in [0.29, 0.717) is 22.6 Å². The van der Waals surface area contributed by atoms with Crippen molar-refractivity contribution in [2.75, 3.05) is 13.1 Å². The van der Waals surface area contributed by atoms with Crippen molar-refractivity contribution in [3.63, 3.8) is 0 Å². The van der Waals surface area contributed by atoms with Crippen molar-refractivity contribution in [1.29, 1.82) is 0 Å². The van der Waals surface area contributed by atoms with Crippen molar-refractivity contribution in [2.24, 2.45) is 17.8 Å². The molecule has 15 heavy (non-hydrogen) atoms. The Bertz CT molecular complexity index is 230. The number of nitrogens with zero attached hydrogens (tertiary/aromatic N) is 1. The largest absolute Gasteiger partial charge is 0.342 e. The Morgan fingerprint density at radius 1 is 1.40 bits per heavy atom. The van der Waals surface area contributed by atoms with Crippen LogP contribution in [0.1, 0.15) is 34.1 Å². The summed E-state index contributed by atoms with van der Waals surface area (Å²) in [5.74, 6) is 1.50. The van der Waals surface area contributed by atoms with Crippen LogP contribution < -0.4 is 0 Å². The van der Waals surface area contributed by atoms with Crippen LogP contribution in [0.3, 0.4) is 0 Å². The van der Waals surface area contributed by atoms with Gasteiger partial charge in [0.25, 0.3) is 0 Å². The maximum atomic E-state index is 12.1. The average molecular weight is 276 g/mol. The Balaban J connectivity index is 2.54. The highest BCUT2D eigenvalue weighted by molar-refractivity contribution is 9.09. The SMILES string of the molecule is CC(C)C(C)C(=O)N1CCC(Br)C(C)C1. The summed E-state index contributed by atoms with van der Waals surface area (Å²) in [6.45, 7) is 10.3. The molecule has 2 nitrogen and oxygen atoms in total. The number of halogens is 1. The normalized spacial score (nSPS) is 29.3. The Morgan fingerprint density at radius 3 is 2.47 bits per heavy atom. The second-order valence-electron chi connectivity index (χ2n) is 5.10. The Morgan fingerprint density at radius 2 is 2.00 bits per heavy atom. The van der Waals surface area contributed by atoms with Gasteiger partial charge in [-0.3, -0.25) is 4.79 Å². The van der Waals surface area contributed by atoms with Gasteiger partial charge in [0.05, 0.1) is 0 Å². The van der Waals surface area contributed by atoms with Crippen LogP contribution in [0.15, 0.2) is 0 Å². The van der Waals surface area contributed by atoms with Gasteiger partial charge >= 0.3 is 0 Å². The summed E-state index contributed by atoms with van der Waals surface area (Å²) < 4.78 is 0. The van der Waals surface area contributed by atoms with Crippen molar-refractivity contribution < 1.29 is 4.79 Å². The molecule has 0 aromatic heterocycles. The van der Waals surface area contributed by atoms with Crippen LogP contribution in [0.2, 0.25) is 0 Å². The zero-order chi connectivity index (χ0) is 11.6. The van der Waals surface area contributed by atoms with E-state index in [1.807, 2.05) is 11.8 Å². The van der Waals surface area contributed by atoms with Crippen molar-refractivity contribution in [1.82, 2.24) is 4.90 Å². The van der Waals surface area contributed by atoms with Crippen LogP contribution in [0.4, 0.5) is 0 Å². The monoisotopic (exact) mass is 275 g/mol. The minimum absolute atomic E-state index is 0.157. The summed E-state index contributed by atoms with van der Waals surface area (Å²) in [6, 6.07) is 0. The van der Waals surface area contributed by atoms with Crippen molar-refractivity contribution in [3.05, 3.63) is 0 Å². The fraction of sp³-hybridized carbons (Fsp3) is 0.917. The Hall–Kier alpha value is -0.0500. The fourth-order valence-electron chi connectivity index (χ4n) is 1.89. The number of amides is 1. The van der Waals surface area contributed by atoms with E-state index in [-0.39, 0.29) is 5.92 Å². The standard InChI is InChI=1S/C12H22BrNO/c1-8(2)10(4)12(15)14-6-5-11(13)9(3)7-14/h8-11H,5-7H2,1-4H3. The molecular weight excluding hydrogens is 254 g/mol. The molecule has 1 fully saturated rings. The van der Waals surface area contributed by atoms with Gasteiger partial charge < -0.3 is 4.90 Å². The van der Waals surface area contributed by atoms with Gasteiger partial charge in [-0.05, 0) is 18.3 Å². The number of carbonyl (C=O) groups is 1. The summed E-state index contributed by atoms with van der Waals surface area (Å²) in [6.07, 6.45) is 1.08. The summed E-state index contributed by atoms with van der Waals surface area (Å²) in [7, 11) is 0. The van der Waals surface area contributed by atoms with Crippen molar-refractivity contribution >= 4 is 21.8 Å². The second-order valence-corrected chi connectivity index (χ2v) is 6.28. The number of rotatable bonds is 2. The van der Waals surface area contributed by atoms with E-state index in [0.717, 1.165) is 19.5 Å². The van der Waals surface area contributed by atoms with Crippen LogP contribution >= 0.6 is 15.9 Å². The van der Waals surface area contributed by atoms with Crippen molar-refractivity contribution in [3.8, 4) is 0 Å². The maximum Gasteiger partial charge on any atom is 0.225 e. The summed E-state index contributed by atoms with van der Waals surface area (Å²) >= 11 is 3.66. The minimum Gasteiger partial charge on any atom is -0.342 e. The third kappa shape index (κ3) is 3.20. The molecule has 1 aliphatic rings. The average Bonchev–Trinajstić information content (AvgIpc) is 2.19. The lowest BCUT2D eigenvalue weighted by Crippen LogP contribution is -2.46. The first-order valence-electron chi connectivity index (χ1n) is 5.86. The molecule has 0 aromatic rings. The lowest BCUT2D eigenvalue weighted by molar-refractivity contribution is -0.137. The third-order valence-electron chi connectivity index (χ3n) is 3.50. The van der Waals surface area contributed by atoms with E-state index in [2.05, 4.69) is 36.7 Å². The minimum atomic E-state index is 0.157. The molecule has 0 N–H and O–H groups in total. The summed E-state index contributed by atoms with van der Waals surface area (Å²) in [5.41, 5.74) is 0. The molecule has 3 atom stereocenters. The number of likely N-dealkylation sites (tertiary alicyclic amines) is 1. The first kappa shape index (κ1) is 13.0. The van der Waals surface area contributed by atoms with Crippen LogP contribution in [-0.2, 0) is 4.79 Å². The molecular formula is C12H22BrNO. The zero-order valence-corrected chi connectivity index (χ0v) is 11.8. The molecule has 1 saturated heterocycles. The second kappa shape index (κ2) is 5.33. The highest BCUT2D eigenvalue weighted by atomic mass is 79.9. The number of hydrogen-bond donors (Lipinski definition) is 0. The fourth-order valence-corrected chi connectivity index (χ4v) is 2.26. The number of carbonyl (C=O) groups excluding carboxylic acids is 1. The van der Waals surface area contributed by atoms with E-state index in [1.54, 1.807) is 0 Å². The number of piperidine rings is 1. The smallest absolute Gasteiger partial charge is 0.225 e. The first-order valence-corrected chi connectivity index (χ1v) is 6.78. The quantitative estimate of drug-likeness (QED) is 0.710. The highest BCUT2D eigenvalue weighted by Gasteiger charge is 2.29. The van der Waals surface area contributed by atoms with Crippen LogP contribution in [0.25, 0.3) is 0 Å². The van der Waals surface area contributed by atoms with E-state index in [1.165, 1.54) is 0 Å². The van der Waals surface area contributed by atoms with E-state index >= 15 is 0 Å². The zero-order valence-electron chi connectivity index (χ0n) is 10.2. The predicted octanol–water partition coefficient (Wildman–Crippen LogP) is 2.91. The van der Waals surface area contributed by atoms with Gasteiger partial charge in [-0.15, -0.1) is 0 Å². The predicted molar refractivity (Wildman–Crippen MR) is 67.1 cm³/mol. The molecule has 3 heteroatoms. The van der Waals surface area contributed by atoms with E-state index in [9.17, 15) is 4.79 Å². The molecule has 0 spiro atoms.